The Morgan fingerprint density at radius 1 is 1.33 bits per heavy atom. The van der Waals surface area contributed by atoms with Gasteiger partial charge in [-0.1, -0.05) is 18.2 Å². The lowest BCUT2D eigenvalue weighted by Crippen LogP contribution is -2.40. The van der Waals surface area contributed by atoms with E-state index in [1.54, 1.807) is 7.11 Å². The van der Waals surface area contributed by atoms with E-state index >= 15 is 0 Å². The van der Waals surface area contributed by atoms with Crippen molar-refractivity contribution in [3.8, 4) is 0 Å². The lowest BCUT2D eigenvalue weighted by molar-refractivity contribution is -0.133. The number of nitrogens with zero attached hydrogens (tertiary/aromatic N) is 1. The second kappa shape index (κ2) is 6.31. The zero-order valence-electron chi connectivity index (χ0n) is 12.5. The van der Waals surface area contributed by atoms with Gasteiger partial charge < -0.3 is 14.6 Å². The summed E-state index contributed by atoms with van der Waals surface area (Å²) in [5.41, 5.74) is 2.37. The van der Waals surface area contributed by atoms with E-state index in [0.29, 0.717) is 12.5 Å². The molecule has 4 heteroatoms. The number of hydrogen-bond acceptors (Lipinski definition) is 2. The van der Waals surface area contributed by atoms with Gasteiger partial charge >= 0.3 is 0 Å². The quantitative estimate of drug-likeness (QED) is 0.939. The summed E-state index contributed by atoms with van der Waals surface area (Å²) in [4.78, 5) is 17.5. The van der Waals surface area contributed by atoms with Crippen LogP contribution >= 0.6 is 0 Å². The number of H-pyrrole nitrogens is 1. The number of carbonyl (C=O) groups is 1. The molecule has 3 rings (SSSR count). The molecule has 4 nitrogen and oxygen atoms in total. The highest BCUT2D eigenvalue weighted by Crippen LogP contribution is 2.20. The van der Waals surface area contributed by atoms with E-state index < -0.39 is 0 Å². The maximum atomic E-state index is 12.3. The molecule has 1 amide bonds. The van der Waals surface area contributed by atoms with E-state index in [2.05, 4.69) is 17.1 Å². The molecule has 0 atom stereocenters. The molecule has 1 aliphatic heterocycles. The van der Waals surface area contributed by atoms with Crippen molar-refractivity contribution in [1.82, 2.24) is 9.88 Å². The zero-order valence-corrected chi connectivity index (χ0v) is 12.5. The molecule has 0 radical (unpaired) electrons. The number of fused-ring (bicyclic) bond motifs is 1. The van der Waals surface area contributed by atoms with Crippen molar-refractivity contribution in [2.24, 2.45) is 0 Å². The largest absolute Gasteiger partial charge is 0.381 e. The topological polar surface area (TPSA) is 45.3 Å². The van der Waals surface area contributed by atoms with Crippen molar-refractivity contribution in [3.63, 3.8) is 0 Å². The van der Waals surface area contributed by atoms with Crippen LogP contribution in [0.4, 0.5) is 0 Å². The van der Waals surface area contributed by atoms with Crippen LogP contribution in [0.1, 0.15) is 24.8 Å². The number of aromatic amines is 1. The summed E-state index contributed by atoms with van der Waals surface area (Å²) in [6.45, 7) is 1.65. The molecule has 0 bridgehead atoms. The minimum Gasteiger partial charge on any atom is -0.381 e. The van der Waals surface area contributed by atoms with Crippen molar-refractivity contribution in [3.05, 3.63) is 36.0 Å². The fourth-order valence-electron chi connectivity index (χ4n) is 3.08. The molecule has 1 aromatic heterocycles. The number of piperidine rings is 1. The number of ether oxygens (including phenoxy) is 1. The standard InChI is InChI=1S/C17H22N2O2/c1-21-14-8-10-19(11-9-14)17(20)7-6-13-12-18-16-5-3-2-4-15(13)16/h2-5,12,14,18H,6-11H2,1H3. The Bertz CT molecular complexity index is 612. The SMILES string of the molecule is COC1CCN(C(=O)CCc2c[nH]c3ccccc23)CC1. The molecule has 2 aromatic rings. The first kappa shape index (κ1) is 14.1. The molecule has 1 aliphatic rings. The predicted molar refractivity (Wildman–Crippen MR) is 83.2 cm³/mol. The Hall–Kier alpha value is -1.81. The van der Waals surface area contributed by atoms with E-state index in [1.807, 2.05) is 23.2 Å². The maximum absolute atomic E-state index is 12.3. The van der Waals surface area contributed by atoms with Gasteiger partial charge in [-0.05, 0) is 30.9 Å². The maximum Gasteiger partial charge on any atom is 0.222 e. The van der Waals surface area contributed by atoms with E-state index in [-0.39, 0.29) is 5.91 Å². The van der Waals surface area contributed by atoms with Gasteiger partial charge in [0.1, 0.15) is 0 Å². The van der Waals surface area contributed by atoms with Gasteiger partial charge in [0, 0.05) is 43.7 Å². The summed E-state index contributed by atoms with van der Waals surface area (Å²) in [7, 11) is 1.75. The minimum absolute atomic E-state index is 0.259. The van der Waals surface area contributed by atoms with Gasteiger partial charge in [0.15, 0.2) is 0 Å². The predicted octanol–water partition coefficient (Wildman–Crippen LogP) is 2.74. The Labute approximate surface area is 125 Å². The van der Waals surface area contributed by atoms with Gasteiger partial charge in [-0.25, -0.2) is 0 Å². The monoisotopic (exact) mass is 286 g/mol. The molecule has 2 heterocycles. The minimum atomic E-state index is 0.259. The number of rotatable bonds is 4. The van der Waals surface area contributed by atoms with Gasteiger partial charge in [-0.15, -0.1) is 0 Å². The summed E-state index contributed by atoms with van der Waals surface area (Å²) in [6, 6.07) is 8.23. The summed E-state index contributed by atoms with van der Waals surface area (Å²) in [6.07, 6.45) is 5.63. The highest BCUT2D eigenvalue weighted by atomic mass is 16.5. The lowest BCUT2D eigenvalue weighted by Gasteiger charge is -2.31. The summed E-state index contributed by atoms with van der Waals surface area (Å²) in [5, 5.41) is 1.23. The smallest absolute Gasteiger partial charge is 0.222 e. The van der Waals surface area contributed by atoms with Crippen LogP contribution in [0.15, 0.2) is 30.5 Å². The average molecular weight is 286 g/mol. The molecule has 1 N–H and O–H groups in total. The van der Waals surface area contributed by atoms with E-state index in [0.717, 1.165) is 37.9 Å². The first-order valence-electron chi connectivity index (χ1n) is 7.63. The lowest BCUT2D eigenvalue weighted by atomic mass is 10.1. The number of nitrogens with one attached hydrogen (secondary N) is 1. The van der Waals surface area contributed by atoms with Gasteiger partial charge in [-0.3, -0.25) is 4.79 Å². The first-order valence-corrected chi connectivity index (χ1v) is 7.63. The highest BCUT2D eigenvalue weighted by Gasteiger charge is 2.22. The summed E-state index contributed by atoms with van der Waals surface area (Å²) < 4.78 is 5.34. The number of benzene rings is 1. The van der Waals surface area contributed by atoms with Gasteiger partial charge in [-0.2, -0.15) is 0 Å². The van der Waals surface area contributed by atoms with Gasteiger partial charge in [0.05, 0.1) is 6.10 Å². The number of hydrogen-bond donors (Lipinski definition) is 1. The first-order chi connectivity index (χ1) is 10.3. The molecule has 0 saturated carbocycles. The molecule has 112 valence electrons. The molecular weight excluding hydrogens is 264 g/mol. The second-order valence-electron chi connectivity index (χ2n) is 5.68. The molecule has 1 fully saturated rings. The molecule has 1 saturated heterocycles. The van der Waals surface area contributed by atoms with E-state index in [9.17, 15) is 4.79 Å². The number of likely N-dealkylation sites (tertiary alicyclic amines) is 1. The number of aromatic nitrogens is 1. The zero-order chi connectivity index (χ0) is 14.7. The van der Waals surface area contributed by atoms with Crippen LogP contribution < -0.4 is 0 Å². The number of aryl methyl sites for hydroxylation is 1. The number of para-hydroxylation sites is 1. The second-order valence-corrected chi connectivity index (χ2v) is 5.68. The van der Waals surface area contributed by atoms with Crippen molar-refractivity contribution in [2.75, 3.05) is 20.2 Å². The number of amides is 1. The van der Waals surface area contributed by atoms with Crippen LogP contribution in [0.5, 0.6) is 0 Å². The van der Waals surface area contributed by atoms with Crippen LogP contribution in [0, 0.1) is 0 Å². The molecular formula is C17H22N2O2. The third-order valence-electron chi connectivity index (χ3n) is 4.41. The third-order valence-corrected chi connectivity index (χ3v) is 4.41. The van der Waals surface area contributed by atoms with Crippen LogP contribution in [0.3, 0.4) is 0 Å². The third kappa shape index (κ3) is 3.10. The summed E-state index contributed by atoms with van der Waals surface area (Å²) >= 11 is 0. The molecule has 0 spiro atoms. The van der Waals surface area contributed by atoms with Crippen LogP contribution in [0.2, 0.25) is 0 Å². The normalized spacial score (nSPS) is 16.5. The van der Waals surface area contributed by atoms with E-state index in [1.165, 1.54) is 10.9 Å². The van der Waals surface area contributed by atoms with Crippen molar-refractivity contribution in [2.45, 2.75) is 31.8 Å². The molecule has 21 heavy (non-hydrogen) atoms. The van der Waals surface area contributed by atoms with Crippen molar-refractivity contribution < 1.29 is 9.53 Å². The van der Waals surface area contributed by atoms with Crippen LogP contribution in [-0.4, -0.2) is 42.1 Å². The van der Waals surface area contributed by atoms with Crippen LogP contribution in [-0.2, 0) is 16.0 Å². The molecule has 0 unspecified atom stereocenters. The van der Waals surface area contributed by atoms with Gasteiger partial charge in [0.2, 0.25) is 5.91 Å². The van der Waals surface area contributed by atoms with Gasteiger partial charge in [0.25, 0.3) is 0 Å². The van der Waals surface area contributed by atoms with Crippen LogP contribution in [0.25, 0.3) is 10.9 Å². The average Bonchev–Trinajstić information content (AvgIpc) is 2.96. The molecule has 0 aliphatic carbocycles. The molecule has 1 aromatic carbocycles. The Kier molecular flexibility index (Phi) is 4.25. The summed E-state index contributed by atoms with van der Waals surface area (Å²) in [5.74, 6) is 0.259. The van der Waals surface area contributed by atoms with E-state index in [4.69, 9.17) is 4.74 Å². The highest BCUT2D eigenvalue weighted by molar-refractivity contribution is 5.84. The van der Waals surface area contributed by atoms with Crippen molar-refractivity contribution in [1.29, 1.82) is 0 Å². The fraction of sp³-hybridized carbons (Fsp3) is 0.471. The fourth-order valence-corrected chi connectivity index (χ4v) is 3.08. The number of methoxy groups -OCH3 is 1. The Balaban J connectivity index is 1.56. The Morgan fingerprint density at radius 3 is 2.86 bits per heavy atom. The Morgan fingerprint density at radius 2 is 2.10 bits per heavy atom. The van der Waals surface area contributed by atoms with Crippen molar-refractivity contribution >= 4 is 16.8 Å². The number of carbonyl (C=O) groups excluding carboxylic acids is 1.